The number of fused-ring (bicyclic) bond motifs is 3. The van der Waals surface area contributed by atoms with Crippen LogP contribution in [0.5, 0.6) is 0 Å². The number of aryl methyl sites for hydroxylation is 3. The lowest BCUT2D eigenvalue weighted by atomic mass is 10.00. The van der Waals surface area contributed by atoms with Crippen molar-refractivity contribution in [3.63, 3.8) is 0 Å². The Hall–Kier alpha value is -1.63. The van der Waals surface area contributed by atoms with Gasteiger partial charge in [-0.15, -0.1) is 0 Å². The van der Waals surface area contributed by atoms with E-state index in [0.717, 1.165) is 12.1 Å². The molecule has 0 radical (unpaired) electrons. The van der Waals surface area contributed by atoms with Gasteiger partial charge in [0.1, 0.15) is 0 Å². The van der Waals surface area contributed by atoms with E-state index in [2.05, 4.69) is 44.8 Å². The summed E-state index contributed by atoms with van der Waals surface area (Å²) in [6.45, 7) is 8.67. The van der Waals surface area contributed by atoms with Crippen LogP contribution in [0.4, 0.5) is 0 Å². The molecule has 1 aromatic carbocycles. The molecule has 2 aromatic rings. The standard InChI is InChI=1S/C16H17N/c1-9-5-10(2)13-7-14-11(3)12(4)17-8-16(14)15(13)6-9/h5-6,8H,7H2,1-4H3. The number of hydrogen-bond acceptors (Lipinski definition) is 1. The molecule has 0 aliphatic heterocycles. The van der Waals surface area contributed by atoms with Crippen molar-refractivity contribution in [1.82, 2.24) is 4.98 Å². The Balaban J connectivity index is 2.32. The molecule has 0 saturated heterocycles. The molecule has 17 heavy (non-hydrogen) atoms. The Morgan fingerprint density at radius 2 is 1.71 bits per heavy atom. The lowest BCUT2D eigenvalue weighted by Gasteiger charge is -2.06. The normalized spacial score (nSPS) is 12.5. The molecule has 3 rings (SSSR count). The van der Waals surface area contributed by atoms with Crippen LogP contribution in [0, 0.1) is 27.7 Å². The molecule has 86 valence electrons. The maximum absolute atomic E-state index is 4.51. The zero-order chi connectivity index (χ0) is 12.2. The topological polar surface area (TPSA) is 12.9 Å². The van der Waals surface area contributed by atoms with E-state index in [4.69, 9.17) is 0 Å². The summed E-state index contributed by atoms with van der Waals surface area (Å²) in [4.78, 5) is 4.51. The number of benzene rings is 1. The van der Waals surface area contributed by atoms with Crippen molar-refractivity contribution in [1.29, 1.82) is 0 Å². The molecule has 0 spiro atoms. The predicted molar refractivity (Wildman–Crippen MR) is 71.4 cm³/mol. The lowest BCUT2D eigenvalue weighted by molar-refractivity contribution is 1.10. The second-order valence-electron chi connectivity index (χ2n) is 5.15. The van der Waals surface area contributed by atoms with Gasteiger partial charge in [0.15, 0.2) is 0 Å². The van der Waals surface area contributed by atoms with Crippen LogP contribution in [0.15, 0.2) is 18.3 Å². The summed E-state index contributed by atoms with van der Waals surface area (Å²) in [6.07, 6.45) is 3.12. The average molecular weight is 223 g/mol. The Morgan fingerprint density at radius 3 is 2.47 bits per heavy atom. The molecule has 0 fully saturated rings. The van der Waals surface area contributed by atoms with Crippen LogP contribution in [0.25, 0.3) is 11.1 Å². The fraction of sp³-hybridized carbons (Fsp3) is 0.312. The van der Waals surface area contributed by atoms with Gasteiger partial charge >= 0.3 is 0 Å². The van der Waals surface area contributed by atoms with Gasteiger partial charge in [-0.1, -0.05) is 17.7 Å². The molecule has 0 saturated carbocycles. The van der Waals surface area contributed by atoms with Gasteiger partial charge in [-0.3, -0.25) is 4.98 Å². The molecule has 0 N–H and O–H groups in total. The van der Waals surface area contributed by atoms with Crippen LogP contribution >= 0.6 is 0 Å². The van der Waals surface area contributed by atoms with Crippen molar-refractivity contribution >= 4 is 0 Å². The van der Waals surface area contributed by atoms with Crippen LogP contribution in [0.1, 0.15) is 33.5 Å². The summed E-state index contributed by atoms with van der Waals surface area (Å²) in [6, 6.07) is 4.57. The van der Waals surface area contributed by atoms with E-state index < -0.39 is 0 Å². The minimum atomic E-state index is 1.08. The smallest absolute Gasteiger partial charge is 0.0405 e. The van der Waals surface area contributed by atoms with E-state index >= 15 is 0 Å². The highest BCUT2D eigenvalue weighted by atomic mass is 14.7. The van der Waals surface area contributed by atoms with Crippen molar-refractivity contribution in [3.05, 3.63) is 51.8 Å². The lowest BCUT2D eigenvalue weighted by Crippen LogP contribution is -1.93. The number of hydrogen-bond donors (Lipinski definition) is 0. The summed E-state index contributed by atoms with van der Waals surface area (Å²) < 4.78 is 0. The second kappa shape index (κ2) is 3.43. The molecule has 1 aliphatic rings. The Bertz CT molecular complexity index is 624. The van der Waals surface area contributed by atoms with Crippen LogP contribution < -0.4 is 0 Å². The minimum absolute atomic E-state index is 1.08. The molecule has 1 heterocycles. The van der Waals surface area contributed by atoms with Crippen molar-refractivity contribution < 1.29 is 0 Å². The maximum Gasteiger partial charge on any atom is 0.0405 e. The highest BCUT2D eigenvalue weighted by Gasteiger charge is 2.22. The molecule has 1 aliphatic carbocycles. The maximum atomic E-state index is 4.51. The van der Waals surface area contributed by atoms with E-state index in [9.17, 15) is 0 Å². The predicted octanol–water partition coefficient (Wildman–Crippen LogP) is 3.89. The van der Waals surface area contributed by atoms with E-state index in [1.807, 2.05) is 6.20 Å². The Morgan fingerprint density at radius 1 is 0.941 bits per heavy atom. The fourth-order valence-corrected chi connectivity index (χ4v) is 2.87. The van der Waals surface area contributed by atoms with Crippen molar-refractivity contribution in [3.8, 4) is 11.1 Å². The average Bonchev–Trinajstić information content (AvgIpc) is 2.63. The van der Waals surface area contributed by atoms with Gasteiger partial charge in [0, 0.05) is 17.5 Å². The molecule has 0 bridgehead atoms. The summed E-state index contributed by atoms with van der Waals surface area (Å²) in [5.74, 6) is 0. The number of rotatable bonds is 0. The number of nitrogens with zero attached hydrogens (tertiary/aromatic N) is 1. The van der Waals surface area contributed by atoms with Crippen molar-refractivity contribution in [2.45, 2.75) is 34.1 Å². The highest BCUT2D eigenvalue weighted by molar-refractivity contribution is 5.79. The molecule has 1 heteroatoms. The van der Waals surface area contributed by atoms with Crippen molar-refractivity contribution in [2.24, 2.45) is 0 Å². The van der Waals surface area contributed by atoms with E-state index in [0.29, 0.717) is 0 Å². The summed E-state index contributed by atoms with van der Waals surface area (Å²) >= 11 is 0. The molecule has 1 aromatic heterocycles. The Labute approximate surface area is 103 Å². The molecular weight excluding hydrogens is 206 g/mol. The fourth-order valence-electron chi connectivity index (χ4n) is 2.87. The van der Waals surface area contributed by atoms with Gasteiger partial charge in [-0.25, -0.2) is 0 Å². The second-order valence-corrected chi connectivity index (χ2v) is 5.15. The first kappa shape index (κ1) is 10.5. The van der Waals surface area contributed by atoms with Crippen molar-refractivity contribution in [2.75, 3.05) is 0 Å². The van der Waals surface area contributed by atoms with Gasteiger partial charge in [0.2, 0.25) is 0 Å². The van der Waals surface area contributed by atoms with Crippen LogP contribution in [0.2, 0.25) is 0 Å². The summed E-state index contributed by atoms with van der Waals surface area (Å²) in [5, 5.41) is 0. The van der Waals surface area contributed by atoms with Gasteiger partial charge in [-0.2, -0.15) is 0 Å². The largest absolute Gasteiger partial charge is 0.261 e. The van der Waals surface area contributed by atoms with E-state index in [1.165, 1.54) is 38.9 Å². The molecule has 0 amide bonds. The summed E-state index contributed by atoms with van der Waals surface area (Å²) in [7, 11) is 0. The van der Waals surface area contributed by atoms with Gasteiger partial charge < -0.3 is 0 Å². The number of aromatic nitrogens is 1. The van der Waals surface area contributed by atoms with Crippen LogP contribution in [0.3, 0.4) is 0 Å². The van der Waals surface area contributed by atoms with Crippen LogP contribution in [-0.2, 0) is 6.42 Å². The highest BCUT2D eigenvalue weighted by Crippen LogP contribution is 2.40. The van der Waals surface area contributed by atoms with Gasteiger partial charge in [-0.05, 0) is 61.9 Å². The van der Waals surface area contributed by atoms with Gasteiger partial charge in [0.05, 0.1) is 0 Å². The zero-order valence-corrected chi connectivity index (χ0v) is 10.9. The SMILES string of the molecule is Cc1cc(C)c2c(c1)-c1cnc(C)c(C)c1C2. The monoisotopic (exact) mass is 223 g/mol. The third-order valence-corrected chi connectivity index (χ3v) is 3.97. The van der Waals surface area contributed by atoms with Gasteiger partial charge in [0.25, 0.3) is 0 Å². The van der Waals surface area contributed by atoms with E-state index in [-0.39, 0.29) is 0 Å². The third-order valence-electron chi connectivity index (χ3n) is 3.97. The van der Waals surface area contributed by atoms with Crippen LogP contribution in [-0.4, -0.2) is 4.98 Å². The zero-order valence-electron chi connectivity index (χ0n) is 10.9. The third kappa shape index (κ3) is 1.42. The first-order valence-electron chi connectivity index (χ1n) is 6.13. The molecule has 1 nitrogen and oxygen atoms in total. The minimum Gasteiger partial charge on any atom is -0.261 e. The first-order valence-corrected chi connectivity index (χ1v) is 6.13. The van der Waals surface area contributed by atoms with E-state index in [1.54, 1.807) is 0 Å². The molecule has 0 atom stereocenters. The quantitative estimate of drug-likeness (QED) is 0.563. The molecule has 0 unspecified atom stereocenters. The summed E-state index contributed by atoms with van der Waals surface area (Å²) in [5.41, 5.74) is 11.0. The Kier molecular flexibility index (Phi) is 2.12. The molecular formula is C16H17N. The first-order chi connectivity index (χ1) is 8.08. The number of pyridine rings is 1.